The maximum atomic E-state index is 12.2. The fourth-order valence-corrected chi connectivity index (χ4v) is 3.19. The summed E-state index contributed by atoms with van der Waals surface area (Å²) in [5.41, 5.74) is 3.08. The molecule has 1 fully saturated rings. The number of para-hydroxylation sites is 1. The van der Waals surface area contributed by atoms with Crippen molar-refractivity contribution in [2.24, 2.45) is 0 Å². The van der Waals surface area contributed by atoms with Crippen LogP contribution in [0.3, 0.4) is 0 Å². The molecule has 2 aromatic rings. The molecule has 0 aliphatic carbocycles. The van der Waals surface area contributed by atoms with Gasteiger partial charge in [-0.25, -0.2) is 4.79 Å². The zero-order valence-corrected chi connectivity index (χ0v) is 15.9. The van der Waals surface area contributed by atoms with Gasteiger partial charge in [-0.2, -0.15) is 0 Å². The molecule has 0 saturated carbocycles. The third-order valence-electron chi connectivity index (χ3n) is 4.74. The molecule has 6 heteroatoms. The van der Waals surface area contributed by atoms with Crippen LogP contribution in [0.1, 0.15) is 41.3 Å². The van der Waals surface area contributed by atoms with Gasteiger partial charge in [0.2, 0.25) is 5.91 Å². The topological polar surface area (TPSA) is 75.7 Å². The number of amides is 2. The van der Waals surface area contributed by atoms with Crippen LogP contribution in [0.2, 0.25) is 0 Å². The lowest BCUT2D eigenvalue weighted by Gasteiger charge is -2.15. The van der Waals surface area contributed by atoms with Crippen molar-refractivity contribution >= 4 is 23.5 Å². The normalized spacial score (nSPS) is 13.5. The van der Waals surface area contributed by atoms with Gasteiger partial charge >= 0.3 is 5.97 Å². The summed E-state index contributed by atoms with van der Waals surface area (Å²) < 4.78 is 5.11. The average Bonchev–Trinajstić information content (AvgIpc) is 3.11. The molecule has 0 aromatic heterocycles. The van der Waals surface area contributed by atoms with Gasteiger partial charge in [0.15, 0.2) is 6.61 Å². The van der Waals surface area contributed by atoms with E-state index in [9.17, 15) is 14.4 Å². The number of carbonyl (C=O) groups is 3. The summed E-state index contributed by atoms with van der Waals surface area (Å²) >= 11 is 0. The number of carbonyl (C=O) groups excluding carboxylic acids is 3. The molecule has 1 aliphatic heterocycles. The summed E-state index contributed by atoms with van der Waals surface area (Å²) in [6.07, 6.45) is 2.30. The van der Waals surface area contributed by atoms with Crippen molar-refractivity contribution in [2.45, 2.75) is 32.7 Å². The molecule has 1 aliphatic rings. The number of likely N-dealkylation sites (tertiary alicyclic amines) is 1. The van der Waals surface area contributed by atoms with Gasteiger partial charge in [0.05, 0.1) is 5.56 Å². The van der Waals surface area contributed by atoms with Gasteiger partial charge in [-0.05, 0) is 42.2 Å². The van der Waals surface area contributed by atoms with Crippen LogP contribution in [-0.4, -0.2) is 35.8 Å². The first-order valence-corrected chi connectivity index (χ1v) is 9.48. The molecule has 1 heterocycles. The van der Waals surface area contributed by atoms with Gasteiger partial charge in [-0.3, -0.25) is 9.59 Å². The van der Waals surface area contributed by atoms with Crippen LogP contribution in [0.15, 0.2) is 48.5 Å². The van der Waals surface area contributed by atoms with Gasteiger partial charge in [0.25, 0.3) is 5.91 Å². The van der Waals surface area contributed by atoms with Gasteiger partial charge in [0.1, 0.15) is 0 Å². The Labute approximate surface area is 164 Å². The minimum Gasteiger partial charge on any atom is -0.452 e. The summed E-state index contributed by atoms with van der Waals surface area (Å²) in [5, 5.41) is 2.77. The molecule has 0 unspecified atom stereocenters. The van der Waals surface area contributed by atoms with E-state index in [-0.39, 0.29) is 18.4 Å². The highest BCUT2D eigenvalue weighted by Gasteiger charge is 2.20. The molecule has 146 valence electrons. The molecule has 0 radical (unpaired) electrons. The van der Waals surface area contributed by atoms with Gasteiger partial charge < -0.3 is 15.0 Å². The summed E-state index contributed by atoms with van der Waals surface area (Å²) in [4.78, 5) is 37.7. The fourth-order valence-electron chi connectivity index (χ4n) is 3.19. The predicted octanol–water partition coefficient (Wildman–Crippen LogP) is 3.17. The van der Waals surface area contributed by atoms with Crippen molar-refractivity contribution < 1.29 is 19.1 Å². The first-order chi connectivity index (χ1) is 13.6. The molecule has 0 atom stereocenters. The summed E-state index contributed by atoms with van der Waals surface area (Å²) in [7, 11) is 0. The highest BCUT2D eigenvalue weighted by atomic mass is 16.5. The molecule has 3 rings (SSSR count). The minimum atomic E-state index is -0.553. The second-order valence-electron chi connectivity index (χ2n) is 6.75. The number of anilines is 1. The van der Waals surface area contributed by atoms with E-state index >= 15 is 0 Å². The van der Waals surface area contributed by atoms with E-state index in [0.29, 0.717) is 18.5 Å². The lowest BCUT2D eigenvalue weighted by Crippen LogP contribution is -2.24. The highest BCUT2D eigenvalue weighted by Crippen LogP contribution is 2.16. The molecule has 2 aromatic carbocycles. The smallest absolute Gasteiger partial charge is 0.338 e. The van der Waals surface area contributed by atoms with Crippen molar-refractivity contribution in [3.05, 3.63) is 65.2 Å². The number of hydrogen-bond donors (Lipinski definition) is 1. The van der Waals surface area contributed by atoms with Crippen LogP contribution in [0.5, 0.6) is 0 Å². The van der Waals surface area contributed by atoms with Gasteiger partial charge in [0, 0.05) is 25.2 Å². The van der Waals surface area contributed by atoms with Crippen LogP contribution < -0.4 is 5.32 Å². The Bertz CT molecular complexity index is 861. The van der Waals surface area contributed by atoms with Crippen LogP contribution in [0.4, 0.5) is 5.69 Å². The van der Waals surface area contributed by atoms with E-state index in [0.717, 1.165) is 36.2 Å². The SMILES string of the molecule is CCc1ccccc1NC(=O)COC(=O)c1ccc(CN2CCCC2=O)cc1. The van der Waals surface area contributed by atoms with E-state index in [1.807, 2.05) is 36.1 Å². The Morgan fingerprint density at radius 2 is 1.86 bits per heavy atom. The Morgan fingerprint density at radius 1 is 1.11 bits per heavy atom. The second kappa shape index (κ2) is 9.17. The maximum absolute atomic E-state index is 12.2. The van der Waals surface area contributed by atoms with Crippen LogP contribution in [0, 0.1) is 0 Å². The molecule has 0 spiro atoms. The number of ether oxygens (including phenoxy) is 1. The number of nitrogens with zero attached hydrogens (tertiary/aromatic N) is 1. The lowest BCUT2D eigenvalue weighted by atomic mass is 10.1. The molecule has 6 nitrogen and oxygen atoms in total. The molecule has 1 saturated heterocycles. The number of esters is 1. The molecule has 1 N–H and O–H groups in total. The summed E-state index contributed by atoms with van der Waals surface area (Å²) in [6, 6.07) is 14.4. The molecule has 0 bridgehead atoms. The standard InChI is InChI=1S/C22H24N2O4/c1-2-17-6-3-4-7-19(17)23-20(25)15-28-22(27)18-11-9-16(10-12-18)14-24-13-5-8-21(24)26/h3-4,6-7,9-12H,2,5,8,13-15H2,1H3,(H,23,25). The molecule has 28 heavy (non-hydrogen) atoms. The number of aryl methyl sites for hydroxylation is 1. The van der Waals surface area contributed by atoms with E-state index in [1.165, 1.54) is 0 Å². The number of hydrogen-bond acceptors (Lipinski definition) is 4. The number of nitrogens with one attached hydrogen (secondary N) is 1. The van der Waals surface area contributed by atoms with Crippen molar-refractivity contribution in [1.82, 2.24) is 4.90 Å². The minimum absolute atomic E-state index is 0.166. The predicted molar refractivity (Wildman–Crippen MR) is 106 cm³/mol. The molecule has 2 amide bonds. The van der Waals surface area contributed by atoms with Crippen molar-refractivity contribution in [3.8, 4) is 0 Å². The van der Waals surface area contributed by atoms with Crippen LogP contribution in [0.25, 0.3) is 0 Å². The first-order valence-electron chi connectivity index (χ1n) is 9.48. The molecular weight excluding hydrogens is 356 g/mol. The highest BCUT2D eigenvalue weighted by molar-refractivity contribution is 5.95. The van der Waals surface area contributed by atoms with E-state index in [1.54, 1.807) is 24.3 Å². The first kappa shape index (κ1) is 19.6. The number of benzene rings is 2. The van der Waals surface area contributed by atoms with E-state index in [4.69, 9.17) is 4.74 Å². The lowest BCUT2D eigenvalue weighted by molar-refractivity contribution is -0.128. The van der Waals surface area contributed by atoms with Crippen molar-refractivity contribution in [3.63, 3.8) is 0 Å². The van der Waals surface area contributed by atoms with Crippen molar-refractivity contribution in [2.75, 3.05) is 18.5 Å². The third kappa shape index (κ3) is 4.97. The summed E-state index contributed by atoms with van der Waals surface area (Å²) in [5.74, 6) is -0.764. The Balaban J connectivity index is 1.50. The summed E-state index contributed by atoms with van der Waals surface area (Å²) in [6.45, 7) is 2.99. The zero-order chi connectivity index (χ0) is 19.9. The van der Waals surface area contributed by atoms with Crippen LogP contribution in [-0.2, 0) is 27.3 Å². The van der Waals surface area contributed by atoms with E-state index < -0.39 is 5.97 Å². The van der Waals surface area contributed by atoms with Crippen LogP contribution >= 0.6 is 0 Å². The Kier molecular flexibility index (Phi) is 6.42. The monoisotopic (exact) mass is 380 g/mol. The average molecular weight is 380 g/mol. The maximum Gasteiger partial charge on any atom is 0.338 e. The fraction of sp³-hybridized carbons (Fsp3) is 0.318. The number of rotatable bonds is 7. The van der Waals surface area contributed by atoms with Crippen molar-refractivity contribution in [1.29, 1.82) is 0 Å². The Hall–Kier alpha value is -3.15. The third-order valence-corrected chi connectivity index (χ3v) is 4.74. The van der Waals surface area contributed by atoms with E-state index in [2.05, 4.69) is 5.32 Å². The molecular formula is C22H24N2O4. The largest absolute Gasteiger partial charge is 0.452 e. The quantitative estimate of drug-likeness (QED) is 0.749. The van der Waals surface area contributed by atoms with Gasteiger partial charge in [-0.15, -0.1) is 0 Å². The Morgan fingerprint density at radius 3 is 2.54 bits per heavy atom. The zero-order valence-electron chi connectivity index (χ0n) is 15.9. The van der Waals surface area contributed by atoms with Gasteiger partial charge in [-0.1, -0.05) is 37.3 Å². The second-order valence-corrected chi connectivity index (χ2v) is 6.75.